The number of hydrogen-bond acceptors (Lipinski definition) is 3. The van der Waals surface area contributed by atoms with Gasteiger partial charge in [-0.05, 0) is 117 Å². The fraction of sp³-hybridized carbons (Fsp3) is 0.724. The predicted octanol–water partition coefficient (Wildman–Crippen LogP) is 6.29. The molecule has 0 unspecified atom stereocenters. The molecule has 0 bridgehead atoms. The molecule has 32 heavy (non-hydrogen) atoms. The first-order chi connectivity index (χ1) is 15.3. The highest BCUT2D eigenvalue weighted by atomic mass is 16.3. The molecule has 178 valence electrons. The zero-order valence-electron chi connectivity index (χ0n) is 20.7. The number of phenolic OH excluding ortho intramolecular Hbond substituents is 1. The van der Waals surface area contributed by atoms with Crippen LogP contribution in [0.5, 0.6) is 5.75 Å². The summed E-state index contributed by atoms with van der Waals surface area (Å²) in [6, 6.07) is 6.09. The van der Waals surface area contributed by atoms with Crippen molar-refractivity contribution in [3.63, 3.8) is 0 Å². The number of allylic oxidation sites excluding steroid dienone is 1. The number of unbranched alkanes of at least 4 members (excludes halogenated alkanes) is 4. The average molecular weight is 440 g/mol. The Labute approximate surface area is 195 Å². The molecule has 3 aliphatic rings. The molecule has 1 aromatic rings. The summed E-state index contributed by atoms with van der Waals surface area (Å²) in [6.07, 6.45) is 15.2. The summed E-state index contributed by atoms with van der Waals surface area (Å²) in [5.41, 5.74) is 2.87. The zero-order chi connectivity index (χ0) is 22.9. The Morgan fingerprint density at radius 1 is 1.12 bits per heavy atom. The van der Waals surface area contributed by atoms with Gasteiger partial charge in [0.25, 0.3) is 0 Å². The van der Waals surface area contributed by atoms with Gasteiger partial charge in [-0.1, -0.05) is 44.7 Å². The second-order valence-electron chi connectivity index (χ2n) is 11.7. The summed E-state index contributed by atoms with van der Waals surface area (Å²) in [7, 11) is 4.31. The highest BCUT2D eigenvalue weighted by molar-refractivity contribution is 5.43. The van der Waals surface area contributed by atoms with E-state index >= 15 is 0 Å². The van der Waals surface area contributed by atoms with E-state index in [2.05, 4.69) is 44.6 Å². The second kappa shape index (κ2) is 9.50. The maximum atomic E-state index is 11.1. The molecule has 4 rings (SSSR count). The van der Waals surface area contributed by atoms with Gasteiger partial charge < -0.3 is 15.1 Å². The molecule has 0 radical (unpaired) electrons. The molecule has 0 heterocycles. The molecule has 0 aliphatic heterocycles. The van der Waals surface area contributed by atoms with Crippen LogP contribution in [0.1, 0.15) is 88.2 Å². The molecule has 0 spiro atoms. The predicted molar refractivity (Wildman–Crippen MR) is 133 cm³/mol. The standard InChI is InChI=1S/C29H45NO2/c1-5-29-17-16-21-19-23(31)12-13-24(21)27(29)22(11-9-7-6-8-10-18-30(3)4)20-28(2)25(29)14-15-26(28)32/h5,12-13,19,22,25-27,31-32H,1,6-11,14-18,20H2,2-4H3/t22-,25+,26-,27+,28-,29-/m0/s1. The number of benzene rings is 1. The van der Waals surface area contributed by atoms with Gasteiger partial charge in [0.15, 0.2) is 0 Å². The summed E-state index contributed by atoms with van der Waals surface area (Å²) in [5.74, 6) is 1.95. The van der Waals surface area contributed by atoms with Crippen LogP contribution in [0.2, 0.25) is 0 Å². The van der Waals surface area contributed by atoms with E-state index in [9.17, 15) is 10.2 Å². The van der Waals surface area contributed by atoms with E-state index < -0.39 is 0 Å². The van der Waals surface area contributed by atoms with Crippen LogP contribution in [0.3, 0.4) is 0 Å². The van der Waals surface area contributed by atoms with Crippen LogP contribution in [0.4, 0.5) is 0 Å². The zero-order valence-corrected chi connectivity index (χ0v) is 20.7. The Morgan fingerprint density at radius 2 is 1.88 bits per heavy atom. The lowest BCUT2D eigenvalue weighted by Gasteiger charge is -2.60. The van der Waals surface area contributed by atoms with Crippen molar-refractivity contribution in [3.8, 4) is 5.75 Å². The third-order valence-corrected chi connectivity index (χ3v) is 9.54. The molecule has 2 fully saturated rings. The van der Waals surface area contributed by atoms with E-state index in [1.807, 2.05) is 12.1 Å². The van der Waals surface area contributed by atoms with E-state index in [0.717, 1.165) is 32.1 Å². The highest BCUT2D eigenvalue weighted by Gasteiger charge is 2.63. The van der Waals surface area contributed by atoms with Crippen molar-refractivity contribution in [2.75, 3.05) is 20.6 Å². The molecule has 3 heteroatoms. The molecule has 2 N–H and O–H groups in total. The van der Waals surface area contributed by atoms with Crippen molar-refractivity contribution in [2.45, 2.75) is 89.6 Å². The van der Waals surface area contributed by atoms with Gasteiger partial charge >= 0.3 is 0 Å². The van der Waals surface area contributed by atoms with Gasteiger partial charge in [0.2, 0.25) is 0 Å². The first-order valence-corrected chi connectivity index (χ1v) is 13.1. The largest absolute Gasteiger partial charge is 0.508 e. The molecule has 0 amide bonds. The third kappa shape index (κ3) is 4.16. The number of fused-ring (bicyclic) bond motifs is 5. The fourth-order valence-corrected chi connectivity index (χ4v) is 8.06. The number of aliphatic hydroxyl groups excluding tert-OH is 1. The maximum absolute atomic E-state index is 11.1. The molecule has 2 saturated carbocycles. The first-order valence-electron chi connectivity index (χ1n) is 13.1. The van der Waals surface area contributed by atoms with E-state index in [1.54, 1.807) is 0 Å². The average Bonchev–Trinajstić information content (AvgIpc) is 3.06. The van der Waals surface area contributed by atoms with Gasteiger partial charge in [-0.25, -0.2) is 0 Å². The lowest BCUT2D eigenvalue weighted by molar-refractivity contribution is -0.0812. The van der Waals surface area contributed by atoms with Gasteiger partial charge in [0.05, 0.1) is 6.10 Å². The van der Waals surface area contributed by atoms with Gasteiger partial charge in [0, 0.05) is 0 Å². The van der Waals surface area contributed by atoms with Crippen LogP contribution >= 0.6 is 0 Å². The van der Waals surface area contributed by atoms with Crippen LogP contribution in [-0.2, 0) is 6.42 Å². The van der Waals surface area contributed by atoms with Crippen LogP contribution in [-0.4, -0.2) is 41.9 Å². The van der Waals surface area contributed by atoms with E-state index in [-0.39, 0.29) is 16.9 Å². The minimum absolute atomic E-state index is 0.00941. The Balaban J connectivity index is 1.55. The Kier molecular flexibility index (Phi) is 7.08. The topological polar surface area (TPSA) is 43.7 Å². The lowest BCUT2D eigenvalue weighted by atomic mass is 9.44. The number of hydrogen-bond donors (Lipinski definition) is 2. The number of aliphatic hydroxyl groups is 1. The summed E-state index contributed by atoms with van der Waals surface area (Å²) in [4.78, 5) is 2.28. The number of aromatic hydroxyl groups is 1. The molecule has 0 saturated heterocycles. The van der Waals surface area contributed by atoms with Crippen molar-refractivity contribution in [2.24, 2.45) is 22.7 Å². The number of nitrogens with zero attached hydrogens (tertiary/aromatic N) is 1. The van der Waals surface area contributed by atoms with Crippen LogP contribution in [0.15, 0.2) is 30.9 Å². The minimum atomic E-state index is -0.181. The smallest absolute Gasteiger partial charge is 0.115 e. The van der Waals surface area contributed by atoms with Crippen molar-refractivity contribution < 1.29 is 10.2 Å². The van der Waals surface area contributed by atoms with Crippen molar-refractivity contribution >= 4 is 0 Å². The summed E-state index contributed by atoms with van der Waals surface area (Å²) in [5, 5.41) is 21.2. The Bertz CT molecular complexity index is 804. The monoisotopic (exact) mass is 439 g/mol. The molecule has 3 aliphatic carbocycles. The Morgan fingerprint density at radius 3 is 2.62 bits per heavy atom. The van der Waals surface area contributed by atoms with Gasteiger partial charge in [-0.15, -0.1) is 6.58 Å². The molecule has 6 atom stereocenters. The molecule has 1 aromatic carbocycles. The quantitative estimate of drug-likeness (QED) is 0.351. The molecule has 0 aromatic heterocycles. The normalized spacial score (nSPS) is 35.9. The van der Waals surface area contributed by atoms with Crippen molar-refractivity contribution in [1.29, 1.82) is 0 Å². The Hall–Kier alpha value is -1.32. The minimum Gasteiger partial charge on any atom is -0.508 e. The molecular formula is C29H45NO2. The maximum Gasteiger partial charge on any atom is 0.115 e. The summed E-state index contributed by atoms with van der Waals surface area (Å²) in [6.45, 7) is 7.97. The second-order valence-corrected chi connectivity index (χ2v) is 11.7. The molecular weight excluding hydrogens is 394 g/mol. The lowest BCUT2D eigenvalue weighted by Crippen LogP contribution is -2.54. The van der Waals surface area contributed by atoms with Crippen LogP contribution in [0.25, 0.3) is 0 Å². The summed E-state index contributed by atoms with van der Waals surface area (Å²) < 4.78 is 0. The summed E-state index contributed by atoms with van der Waals surface area (Å²) >= 11 is 0. The van der Waals surface area contributed by atoms with Gasteiger partial charge in [-0.3, -0.25) is 0 Å². The number of aryl methyl sites for hydroxylation is 1. The first kappa shape index (κ1) is 23.8. The SMILES string of the molecule is C=C[C@@]12CCc3cc(O)ccc3[C@H]1[C@@H](CCCCCCCN(C)C)C[C@@]1(C)[C@H]2CC[C@@H]1O. The van der Waals surface area contributed by atoms with Crippen molar-refractivity contribution in [3.05, 3.63) is 42.0 Å². The van der Waals surface area contributed by atoms with Gasteiger partial charge in [0.1, 0.15) is 5.75 Å². The molecule has 3 nitrogen and oxygen atoms in total. The number of rotatable bonds is 9. The van der Waals surface area contributed by atoms with Gasteiger partial charge in [-0.2, -0.15) is 0 Å². The van der Waals surface area contributed by atoms with Crippen LogP contribution in [0, 0.1) is 22.7 Å². The van der Waals surface area contributed by atoms with E-state index in [4.69, 9.17) is 0 Å². The van der Waals surface area contributed by atoms with E-state index in [1.165, 1.54) is 56.2 Å². The third-order valence-electron chi connectivity index (χ3n) is 9.54. The fourth-order valence-electron chi connectivity index (χ4n) is 8.06. The van der Waals surface area contributed by atoms with E-state index in [0.29, 0.717) is 23.5 Å². The van der Waals surface area contributed by atoms with Crippen molar-refractivity contribution in [1.82, 2.24) is 4.90 Å². The number of phenols is 1. The highest BCUT2D eigenvalue weighted by Crippen LogP contribution is 2.69. The van der Waals surface area contributed by atoms with Crippen LogP contribution < -0.4 is 0 Å².